The van der Waals surface area contributed by atoms with Gasteiger partial charge in [0.2, 0.25) is 21.8 Å². The number of halogens is 1. The number of carbonyl (C=O) groups excluding carboxylic acids is 2. The lowest BCUT2D eigenvalue weighted by Gasteiger charge is -2.15. The summed E-state index contributed by atoms with van der Waals surface area (Å²) in [5.41, 5.74) is 1.35. The number of sulfonamides is 1. The smallest absolute Gasteiger partial charge is 0.240 e. The molecule has 1 atom stereocenters. The summed E-state index contributed by atoms with van der Waals surface area (Å²) in [5, 5.41) is 15.1. The van der Waals surface area contributed by atoms with Crippen LogP contribution in [-0.2, 0) is 26.0 Å². The van der Waals surface area contributed by atoms with Crippen LogP contribution in [-0.4, -0.2) is 31.4 Å². The fraction of sp³-hybridized carbons (Fsp3) is 0.333. The molecule has 0 saturated heterocycles. The van der Waals surface area contributed by atoms with Crippen LogP contribution in [0.5, 0.6) is 5.75 Å². The molecule has 0 aromatic heterocycles. The number of phenols is 1. The monoisotopic (exact) mass is 467 g/mol. The molecule has 2 aromatic rings. The molecule has 2 amide bonds. The predicted octanol–water partition coefficient (Wildman–Crippen LogP) is 3.65. The molecule has 4 N–H and O–H groups in total. The van der Waals surface area contributed by atoms with Gasteiger partial charge in [-0.05, 0) is 43.5 Å². The fourth-order valence-electron chi connectivity index (χ4n) is 2.80. The number of aryl methyl sites for hydroxylation is 1. The van der Waals surface area contributed by atoms with Crippen molar-refractivity contribution in [3.63, 3.8) is 0 Å². The topological polar surface area (TPSA) is 125 Å². The number of nitrogens with one attached hydrogen (secondary N) is 3. The highest BCUT2D eigenvalue weighted by Gasteiger charge is 2.18. The molecule has 0 bridgehead atoms. The van der Waals surface area contributed by atoms with E-state index in [9.17, 15) is 23.1 Å². The van der Waals surface area contributed by atoms with Gasteiger partial charge >= 0.3 is 0 Å². The van der Waals surface area contributed by atoms with E-state index in [-0.39, 0.29) is 45.8 Å². The second-order valence-corrected chi connectivity index (χ2v) is 9.26. The molecular formula is C21H26ClN3O5S. The molecule has 0 fully saturated rings. The van der Waals surface area contributed by atoms with Crippen molar-refractivity contribution in [1.82, 2.24) is 4.72 Å². The first-order valence-corrected chi connectivity index (χ1v) is 11.6. The van der Waals surface area contributed by atoms with Crippen LogP contribution in [0.15, 0.2) is 41.3 Å². The van der Waals surface area contributed by atoms with E-state index in [0.29, 0.717) is 0 Å². The standard InChI is InChI=1S/C21H26ClN3O5S/c1-4-15-6-8-16(9-7-15)31(29,30)25-13(2)5-10-21(28)24-18-12-20(27)19(11-17(18)22)23-14(3)26/h6-9,11-13,25,27H,4-5,10H2,1-3H3,(H,23,26)(H,24,28). The minimum absolute atomic E-state index is 0.0308. The van der Waals surface area contributed by atoms with Crippen molar-refractivity contribution >= 4 is 44.8 Å². The van der Waals surface area contributed by atoms with E-state index in [1.807, 2.05) is 6.92 Å². The lowest BCUT2D eigenvalue weighted by molar-refractivity contribution is -0.116. The Labute approximate surface area is 187 Å². The van der Waals surface area contributed by atoms with Gasteiger partial charge in [0, 0.05) is 25.5 Å². The van der Waals surface area contributed by atoms with E-state index in [1.165, 1.54) is 19.1 Å². The summed E-state index contributed by atoms with van der Waals surface area (Å²) in [6.45, 7) is 4.95. The second kappa shape index (κ2) is 10.6. The lowest BCUT2D eigenvalue weighted by Crippen LogP contribution is -2.33. The van der Waals surface area contributed by atoms with E-state index in [0.717, 1.165) is 12.0 Å². The van der Waals surface area contributed by atoms with Crippen LogP contribution in [0.1, 0.15) is 39.2 Å². The molecule has 8 nitrogen and oxygen atoms in total. The summed E-state index contributed by atoms with van der Waals surface area (Å²) in [4.78, 5) is 23.5. The third-order valence-electron chi connectivity index (χ3n) is 4.47. The fourth-order valence-corrected chi connectivity index (χ4v) is 4.29. The number of rotatable bonds is 9. The highest BCUT2D eigenvalue weighted by atomic mass is 35.5. The van der Waals surface area contributed by atoms with Gasteiger partial charge in [0.25, 0.3) is 0 Å². The number of hydrogen-bond acceptors (Lipinski definition) is 5. The first-order chi connectivity index (χ1) is 14.5. The number of anilines is 2. The third-order valence-corrected chi connectivity index (χ3v) is 6.39. The highest BCUT2D eigenvalue weighted by molar-refractivity contribution is 7.89. The van der Waals surface area contributed by atoms with Crippen molar-refractivity contribution in [2.45, 2.75) is 51.0 Å². The number of hydrogen-bond donors (Lipinski definition) is 4. The zero-order valence-electron chi connectivity index (χ0n) is 17.5. The molecule has 31 heavy (non-hydrogen) atoms. The van der Waals surface area contributed by atoms with Gasteiger partial charge in [-0.25, -0.2) is 13.1 Å². The average molecular weight is 468 g/mol. The van der Waals surface area contributed by atoms with Crippen LogP contribution < -0.4 is 15.4 Å². The van der Waals surface area contributed by atoms with Crippen molar-refractivity contribution in [3.8, 4) is 5.75 Å². The number of amides is 2. The quantitative estimate of drug-likeness (QED) is 0.419. The first-order valence-electron chi connectivity index (χ1n) is 9.73. The number of benzene rings is 2. The van der Waals surface area contributed by atoms with Gasteiger partial charge in [-0.3, -0.25) is 9.59 Å². The molecule has 0 saturated carbocycles. The molecule has 2 rings (SSSR count). The van der Waals surface area contributed by atoms with Gasteiger partial charge in [-0.2, -0.15) is 0 Å². The van der Waals surface area contributed by atoms with Gasteiger partial charge in [-0.1, -0.05) is 30.7 Å². The Hall–Kier alpha value is -2.62. The second-order valence-electron chi connectivity index (χ2n) is 7.14. The van der Waals surface area contributed by atoms with Gasteiger partial charge in [-0.15, -0.1) is 0 Å². The molecule has 0 spiro atoms. The average Bonchev–Trinajstić information content (AvgIpc) is 2.69. The predicted molar refractivity (Wildman–Crippen MR) is 121 cm³/mol. The lowest BCUT2D eigenvalue weighted by atomic mass is 10.2. The molecule has 0 aliphatic carbocycles. The molecule has 0 radical (unpaired) electrons. The van der Waals surface area contributed by atoms with Crippen LogP contribution >= 0.6 is 11.6 Å². The number of phenolic OH excluding ortho intramolecular Hbond substituents is 1. The van der Waals surface area contributed by atoms with Crippen molar-refractivity contribution in [1.29, 1.82) is 0 Å². The molecule has 2 aromatic carbocycles. The molecule has 1 unspecified atom stereocenters. The molecule has 0 aliphatic heterocycles. The Morgan fingerprint density at radius 1 is 1.10 bits per heavy atom. The Bertz CT molecular complexity index is 1060. The summed E-state index contributed by atoms with van der Waals surface area (Å²) >= 11 is 6.10. The summed E-state index contributed by atoms with van der Waals surface area (Å²) < 4.78 is 27.5. The molecular weight excluding hydrogens is 442 g/mol. The zero-order chi connectivity index (χ0) is 23.2. The molecule has 0 heterocycles. The highest BCUT2D eigenvalue weighted by Crippen LogP contribution is 2.34. The van der Waals surface area contributed by atoms with E-state index >= 15 is 0 Å². The summed E-state index contributed by atoms with van der Waals surface area (Å²) in [5.74, 6) is -1.02. The third kappa shape index (κ3) is 7.23. The minimum Gasteiger partial charge on any atom is -0.506 e. The van der Waals surface area contributed by atoms with E-state index in [4.69, 9.17) is 11.6 Å². The van der Waals surface area contributed by atoms with Crippen LogP contribution in [0, 0.1) is 0 Å². The van der Waals surface area contributed by atoms with Crippen molar-refractivity contribution in [2.24, 2.45) is 0 Å². The zero-order valence-corrected chi connectivity index (χ0v) is 19.1. The number of carbonyl (C=O) groups is 2. The van der Waals surface area contributed by atoms with Crippen molar-refractivity contribution in [2.75, 3.05) is 10.6 Å². The first kappa shape index (κ1) is 24.6. The maximum atomic E-state index is 12.5. The molecule has 0 aliphatic rings. The molecule has 10 heteroatoms. The normalized spacial score (nSPS) is 12.3. The van der Waals surface area contributed by atoms with Crippen LogP contribution in [0.25, 0.3) is 0 Å². The van der Waals surface area contributed by atoms with E-state index < -0.39 is 22.0 Å². The van der Waals surface area contributed by atoms with Gasteiger partial charge in [0.1, 0.15) is 5.75 Å². The van der Waals surface area contributed by atoms with Crippen LogP contribution in [0.4, 0.5) is 11.4 Å². The van der Waals surface area contributed by atoms with Crippen molar-refractivity contribution < 1.29 is 23.1 Å². The largest absolute Gasteiger partial charge is 0.506 e. The van der Waals surface area contributed by atoms with Crippen LogP contribution in [0.3, 0.4) is 0 Å². The Kier molecular flexibility index (Phi) is 8.43. The Morgan fingerprint density at radius 3 is 2.32 bits per heavy atom. The maximum absolute atomic E-state index is 12.5. The number of aromatic hydroxyl groups is 1. The van der Waals surface area contributed by atoms with Gasteiger partial charge < -0.3 is 15.7 Å². The summed E-state index contributed by atoms with van der Waals surface area (Å²) in [6.07, 6.45) is 1.10. The van der Waals surface area contributed by atoms with Gasteiger partial charge in [0.05, 0.1) is 21.3 Å². The summed E-state index contributed by atoms with van der Waals surface area (Å²) in [7, 11) is -3.69. The van der Waals surface area contributed by atoms with Crippen LogP contribution in [0.2, 0.25) is 5.02 Å². The van der Waals surface area contributed by atoms with E-state index in [1.54, 1.807) is 31.2 Å². The SMILES string of the molecule is CCc1ccc(S(=O)(=O)NC(C)CCC(=O)Nc2cc(O)c(NC(C)=O)cc2Cl)cc1. The molecule has 168 valence electrons. The Balaban J connectivity index is 1.93. The minimum atomic E-state index is -3.69. The van der Waals surface area contributed by atoms with Gasteiger partial charge in [0.15, 0.2) is 0 Å². The summed E-state index contributed by atoms with van der Waals surface area (Å²) in [6, 6.07) is 8.73. The van der Waals surface area contributed by atoms with Crippen molar-refractivity contribution in [3.05, 3.63) is 47.0 Å². The Morgan fingerprint density at radius 2 is 1.74 bits per heavy atom. The van der Waals surface area contributed by atoms with E-state index in [2.05, 4.69) is 15.4 Å². The maximum Gasteiger partial charge on any atom is 0.240 e.